The van der Waals surface area contributed by atoms with Crippen molar-refractivity contribution in [3.63, 3.8) is 0 Å². The molecule has 2 N–H and O–H groups in total. The van der Waals surface area contributed by atoms with E-state index in [1.807, 2.05) is 33.3 Å². The second-order valence-electron chi connectivity index (χ2n) is 3.70. The Labute approximate surface area is 139 Å². The Morgan fingerprint density at radius 2 is 1.81 bits per heavy atom. The van der Waals surface area contributed by atoms with Crippen molar-refractivity contribution in [3.8, 4) is 5.69 Å². The Morgan fingerprint density at radius 3 is 2.29 bits per heavy atom. The molecule has 1 heterocycles. The number of nitrogens with one attached hydrogen (secondary N) is 2. The number of nitrogens with zero attached hydrogens (tertiary/aromatic N) is 2. The quantitative estimate of drug-likeness (QED) is 0.661. The number of hydrogen-bond acceptors (Lipinski definition) is 3. The van der Waals surface area contributed by atoms with Crippen LogP contribution in [0, 0.1) is 6.92 Å². The van der Waals surface area contributed by atoms with E-state index >= 15 is 0 Å². The summed E-state index contributed by atoms with van der Waals surface area (Å²) >= 11 is 0. The van der Waals surface area contributed by atoms with Gasteiger partial charge >= 0.3 is 19.5 Å². The average molecular weight is 376 g/mol. The van der Waals surface area contributed by atoms with Crippen molar-refractivity contribution < 1.29 is 24.3 Å². The number of carbonyl (C=O) groups excluding carboxylic acids is 1. The normalized spacial score (nSPS) is 8.38. The number of carbonyl (C=O) groups is 1. The van der Waals surface area contributed by atoms with Crippen LogP contribution in [0.25, 0.3) is 11.4 Å². The third-order valence-corrected chi connectivity index (χ3v) is 2.36. The first-order valence-corrected chi connectivity index (χ1v) is 6.57. The molecule has 0 aliphatic rings. The van der Waals surface area contributed by atoms with Gasteiger partial charge in [0.05, 0.1) is 6.54 Å². The standard InChI is InChI=1S/C12H15N3.C2H6.CH3NO.Ru/c1-10-3-5-11(6-4-10)15-8-7-14-12(15)9-13-2;1-2;2-1-3;/h3-8,13H,9H2,1-2H3;1-2H3;1H,(H2,2,3);/q;;;+1/p-1. The number of rotatable bonds is 3. The Morgan fingerprint density at radius 1 is 1.29 bits per heavy atom. The molecule has 0 bridgehead atoms. The van der Waals surface area contributed by atoms with Crippen molar-refractivity contribution in [2.75, 3.05) is 7.05 Å². The van der Waals surface area contributed by atoms with E-state index in [9.17, 15) is 0 Å². The van der Waals surface area contributed by atoms with E-state index in [-0.39, 0.29) is 25.9 Å². The molecule has 1 amide bonds. The van der Waals surface area contributed by atoms with E-state index in [0.29, 0.717) is 0 Å². The molecule has 0 saturated heterocycles. The van der Waals surface area contributed by atoms with Gasteiger partial charge in [-0.1, -0.05) is 31.5 Å². The van der Waals surface area contributed by atoms with Gasteiger partial charge in [0.15, 0.2) is 0 Å². The number of aryl methyl sites for hydroxylation is 1. The van der Waals surface area contributed by atoms with E-state index in [1.165, 1.54) is 5.56 Å². The number of benzene rings is 1. The topological polar surface area (TPSA) is 70.7 Å². The molecule has 0 aliphatic carbocycles. The molecule has 21 heavy (non-hydrogen) atoms. The first-order chi connectivity index (χ1) is 9.72. The van der Waals surface area contributed by atoms with Gasteiger partial charge in [0.1, 0.15) is 5.82 Å². The maximum Gasteiger partial charge on any atom is 1.00 e. The van der Waals surface area contributed by atoms with Crippen LogP contribution in [0.15, 0.2) is 36.7 Å². The van der Waals surface area contributed by atoms with Crippen LogP contribution < -0.4 is 5.32 Å². The predicted octanol–water partition coefficient (Wildman–Crippen LogP) is 3.12. The summed E-state index contributed by atoms with van der Waals surface area (Å²) in [6.07, 6.45) is 3.81. The third-order valence-electron chi connectivity index (χ3n) is 2.36. The second kappa shape index (κ2) is 13.5. The number of amides is 1. The fourth-order valence-corrected chi connectivity index (χ4v) is 1.56. The summed E-state index contributed by atoms with van der Waals surface area (Å²) in [6, 6.07) is 8.43. The Kier molecular flexibility index (Phi) is 14.0. The molecule has 6 heteroatoms. The summed E-state index contributed by atoms with van der Waals surface area (Å²) in [6.45, 7) is 6.87. The molecule has 0 spiro atoms. The van der Waals surface area contributed by atoms with Crippen LogP contribution in [0.1, 0.15) is 25.2 Å². The van der Waals surface area contributed by atoms with Gasteiger partial charge in [-0.15, -0.1) is 0 Å². The summed E-state index contributed by atoms with van der Waals surface area (Å²) in [4.78, 5) is 12.8. The van der Waals surface area contributed by atoms with Gasteiger partial charge in [0.2, 0.25) is 0 Å². The van der Waals surface area contributed by atoms with Crippen LogP contribution in [0.4, 0.5) is 0 Å². The molecule has 2 aromatic rings. The van der Waals surface area contributed by atoms with Crippen molar-refractivity contribution in [2.45, 2.75) is 27.3 Å². The third kappa shape index (κ3) is 7.73. The minimum absolute atomic E-state index is 0. The van der Waals surface area contributed by atoms with Crippen molar-refractivity contribution in [1.82, 2.24) is 14.9 Å². The van der Waals surface area contributed by atoms with Crippen molar-refractivity contribution in [2.24, 2.45) is 0 Å². The summed E-state index contributed by atoms with van der Waals surface area (Å²) in [5, 5.41) is 3.11. The summed E-state index contributed by atoms with van der Waals surface area (Å²) < 4.78 is 2.09. The molecular formula is C15H23N4ORu. The second-order valence-corrected chi connectivity index (χ2v) is 3.70. The van der Waals surface area contributed by atoms with E-state index < -0.39 is 0 Å². The van der Waals surface area contributed by atoms with Crippen LogP contribution in [-0.4, -0.2) is 23.0 Å². The molecular weight excluding hydrogens is 353 g/mol. The molecule has 1 radical (unpaired) electrons. The van der Waals surface area contributed by atoms with E-state index in [2.05, 4.69) is 46.1 Å². The van der Waals surface area contributed by atoms with Crippen LogP contribution in [-0.2, 0) is 30.8 Å². The SMILES string of the molecule is CC.CNCc1nccn1-c1ccc(C)cc1.[NH-]C=O.[Ru+]. The van der Waals surface area contributed by atoms with Crippen molar-refractivity contribution >= 4 is 6.41 Å². The van der Waals surface area contributed by atoms with E-state index in [1.54, 1.807) is 0 Å². The van der Waals surface area contributed by atoms with Crippen molar-refractivity contribution in [3.05, 3.63) is 53.8 Å². The fourth-order valence-electron chi connectivity index (χ4n) is 1.56. The van der Waals surface area contributed by atoms with E-state index in [4.69, 9.17) is 10.5 Å². The van der Waals surface area contributed by atoms with Gasteiger partial charge in [0, 0.05) is 24.5 Å². The Balaban J connectivity index is 0. The molecule has 0 fully saturated rings. The van der Waals surface area contributed by atoms with E-state index in [0.717, 1.165) is 18.1 Å². The molecule has 1 aromatic heterocycles. The fraction of sp³-hybridized carbons (Fsp3) is 0.333. The maximum absolute atomic E-state index is 8.47. The largest absolute Gasteiger partial charge is 1.00 e. The first-order valence-electron chi connectivity index (χ1n) is 6.57. The first kappa shape index (κ1) is 21.8. The van der Waals surface area contributed by atoms with Gasteiger partial charge in [0.25, 0.3) is 0 Å². The number of imidazole rings is 1. The summed E-state index contributed by atoms with van der Waals surface area (Å²) in [5.41, 5.74) is 7.96. The van der Waals surface area contributed by atoms with Gasteiger partial charge in [-0.05, 0) is 26.1 Å². The molecule has 0 atom stereocenters. The molecule has 2 rings (SSSR count). The van der Waals surface area contributed by atoms with Gasteiger partial charge in [-0.2, -0.15) is 0 Å². The zero-order valence-corrected chi connectivity index (χ0v) is 14.6. The van der Waals surface area contributed by atoms with Crippen molar-refractivity contribution in [1.29, 1.82) is 0 Å². The Bertz CT molecular complexity index is 483. The summed E-state index contributed by atoms with van der Waals surface area (Å²) in [7, 11) is 1.92. The van der Waals surface area contributed by atoms with Gasteiger partial charge < -0.3 is 20.4 Å². The minimum atomic E-state index is 0. The monoisotopic (exact) mass is 377 g/mol. The molecule has 117 valence electrons. The zero-order valence-electron chi connectivity index (χ0n) is 12.9. The van der Waals surface area contributed by atoms with Crippen LogP contribution in [0.3, 0.4) is 0 Å². The van der Waals surface area contributed by atoms with Gasteiger partial charge in [-0.3, -0.25) is 0 Å². The summed E-state index contributed by atoms with van der Waals surface area (Å²) in [5.74, 6) is 1.03. The molecule has 0 saturated carbocycles. The minimum Gasteiger partial charge on any atom is -0.671 e. The number of aromatic nitrogens is 2. The Hall–Kier alpha value is -1.52. The van der Waals surface area contributed by atoms with Crippen LogP contribution in [0.2, 0.25) is 0 Å². The molecule has 0 aliphatic heterocycles. The molecule has 1 aromatic carbocycles. The number of hydrogen-bond donors (Lipinski definition) is 1. The molecule has 5 nitrogen and oxygen atoms in total. The maximum atomic E-state index is 8.47. The van der Waals surface area contributed by atoms with Gasteiger partial charge in [-0.25, -0.2) is 4.98 Å². The smallest absolute Gasteiger partial charge is 0.671 e. The van der Waals surface area contributed by atoms with Crippen LogP contribution in [0.5, 0.6) is 0 Å². The zero-order chi connectivity index (χ0) is 15.4. The average Bonchev–Trinajstić information content (AvgIpc) is 2.92. The molecule has 0 unspecified atom stereocenters. The van der Waals surface area contributed by atoms with Crippen LogP contribution >= 0.6 is 0 Å². The predicted molar refractivity (Wildman–Crippen MR) is 82.8 cm³/mol.